The maximum absolute atomic E-state index is 13.5. The van der Waals surface area contributed by atoms with E-state index in [1.807, 2.05) is 6.92 Å². The van der Waals surface area contributed by atoms with Crippen LogP contribution in [0.25, 0.3) is 0 Å². The lowest BCUT2D eigenvalue weighted by Crippen LogP contribution is -2.15. The lowest BCUT2D eigenvalue weighted by Gasteiger charge is -2.06. The molecule has 0 saturated heterocycles. The fourth-order valence-corrected chi connectivity index (χ4v) is 1.65. The molecule has 0 fully saturated rings. The minimum atomic E-state index is -0.608. The molecular formula is C13H12ClFN4O. The van der Waals surface area contributed by atoms with Crippen molar-refractivity contribution >= 4 is 29.0 Å². The molecule has 0 unspecified atom stereocenters. The van der Waals surface area contributed by atoms with Crippen LogP contribution >= 0.6 is 11.6 Å². The maximum Gasteiger partial charge on any atom is 0.275 e. The van der Waals surface area contributed by atoms with Crippen molar-refractivity contribution in [2.75, 3.05) is 17.2 Å². The minimum Gasteiger partial charge on any atom is -0.369 e. The van der Waals surface area contributed by atoms with E-state index >= 15 is 0 Å². The Balaban J connectivity index is 2.11. The average Bonchev–Trinajstić information content (AvgIpc) is 2.43. The van der Waals surface area contributed by atoms with Crippen LogP contribution in [0.1, 0.15) is 17.4 Å². The molecular weight excluding hydrogens is 283 g/mol. The van der Waals surface area contributed by atoms with E-state index < -0.39 is 11.7 Å². The van der Waals surface area contributed by atoms with Gasteiger partial charge >= 0.3 is 0 Å². The van der Waals surface area contributed by atoms with Gasteiger partial charge in [-0.1, -0.05) is 11.6 Å². The molecule has 0 aliphatic heterocycles. The molecule has 104 valence electrons. The zero-order valence-electron chi connectivity index (χ0n) is 10.7. The molecule has 1 aromatic heterocycles. The minimum absolute atomic E-state index is 0.0389. The number of benzene rings is 1. The van der Waals surface area contributed by atoms with Crippen LogP contribution in [0.3, 0.4) is 0 Å². The van der Waals surface area contributed by atoms with Gasteiger partial charge in [0, 0.05) is 11.6 Å². The third-order valence-corrected chi connectivity index (χ3v) is 2.66. The second-order valence-electron chi connectivity index (χ2n) is 3.90. The Hall–Kier alpha value is -2.21. The zero-order valence-corrected chi connectivity index (χ0v) is 11.4. The first-order valence-electron chi connectivity index (χ1n) is 5.92. The zero-order chi connectivity index (χ0) is 14.5. The fraction of sp³-hybridized carbons (Fsp3) is 0.154. The third-order valence-electron chi connectivity index (χ3n) is 2.42. The van der Waals surface area contributed by atoms with Crippen LogP contribution in [0.5, 0.6) is 0 Å². The molecule has 2 aromatic rings. The highest BCUT2D eigenvalue weighted by atomic mass is 35.5. The van der Waals surface area contributed by atoms with Crippen LogP contribution in [-0.4, -0.2) is 22.4 Å². The molecule has 1 aromatic carbocycles. The van der Waals surface area contributed by atoms with E-state index in [4.69, 9.17) is 11.6 Å². The number of carbonyl (C=O) groups is 1. The SMILES string of the molecule is CCNc1cnc(C(=O)Nc2ccc(Cl)cc2F)cn1. The predicted octanol–water partition coefficient (Wildman–Crippen LogP) is 2.95. The van der Waals surface area contributed by atoms with E-state index in [2.05, 4.69) is 20.6 Å². The summed E-state index contributed by atoms with van der Waals surface area (Å²) in [6.07, 6.45) is 2.76. The van der Waals surface area contributed by atoms with Crippen molar-refractivity contribution in [3.8, 4) is 0 Å². The van der Waals surface area contributed by atoms with Crippen molar-refractivity contribution in [1.29, 1.82) is 0 Å². The quantitative estimate of drug-likeness (QED) is 0.910. The molecule has 5 nitrogen and oxygen atoms in total. The lowest BCUT2D eigenvalue weighted by atomic mass is 10.3. The molecule has 0 spiro atoms. The summed E-state index contributed by atoms with van der Waals surface area (Å²) in [6, 6.07) is 3.99. The number of carbonyl (C=O) groups excluding carboxylic acids is 1. The van der Waals surface area contributed by atoms with Gasteiger partial charge in [0.1, 0.15) is 17.3 Å². The number of nitrogens with one attached hydrogen (secondary N) is 2. The molecule has 20 heavy (non-hydrogen) atoms. The number of rotatable bonds is 4. The number of anilines is 2. The molecule has 1 heterocycles. The second kappa shape index (κ2) is 6.29. The number of nitrogens with zero attached hydrogens (tertiary/aromatic N) is 2. The Kier molecular flexibility index (Phi) is 4.47. The van der Waals surface area contributed by atoms with Gasteiger partial charge in [-0.2, -0.15) is 0 Å². The molecule has 0 saturated carbocycles. The van der Waals surface area contributed by atoms with Crippen molar-refractivity contribution in [3.05, 3.63) is 47.1 Å². The number of hydrogen-bond donors (Lipinski definition) is 2. The topological polar surface area (TPSA) is 66.9 Å². The predicted molar refractivity (Wildman–Crippen MR) is 75.6 cm³/mol. The smallest absolute Gasteiger partial charge is 0.275 e. The molecule has 0 bridgehead atoms. The Morgan fingerprint density at radius 1 is 1.35 bits per heavy atom. The van der Waals surface area contributed by atoms with Gasteiger partial charge in [-0.05, 0) is 25.1 Å². The van der Waals surface area contributed by atoms with Gasteiger partial charge in [0.15, 0.2) is 0 Å². The van der Waals surface area contributed by atoms with E-state index in [1.165, 1.54) is 24.5 Å². The third kappa shape index (κ3) is 3.42. The summed E-state index contributed by atoms with van der Waals surface area (Å²) in [4.78, 5) is 19.9. The van der Waals surface area contributed by atoms with E-state index in [9.17, 15) is 9.18 Å². The van der Waals surface area contributed by atoms with E-state index in [0.717, 1.165) is 6.07 Å². The first kappa shape index (κ1) is 14.2. The number of halogens is 2. The molecule has 0 radical (unpaired) electrons. The summed E-state index contributed by atoms with van der Waals surface area (Å²) in [5.74, 6) is -0.577. The largest absolute Gasteiger partial charge is 0.369 e. The van der Waals surface area contributed by atoms with Crippen molar-refractivity contribution in [2.45, 2.75) is 6.92 Å². The van der Waals surface area contributed by atoms with Crippen LogP contribution < -0.4 is 10.6 Å². The van der Waals surface area contributed by atoms with Gasteiger partial charge in [-0.25, -0.2) is 14.4 Å². The molecule has 2 rings (SSSR count). The highest BCUT2D eigenvalue weighted by molar-refractivity contribution is 6.30. The summed E-state index contributed by atoms with van der Waals surface area (Å²) >= 11 is 5.64. The number of hydrogen-bond acceptors (Lipinski definition) is 4. The van der Waals surface area contributed by atoms with Crippen molar-refractivity contribution in [2.24, 2.45) is 0 Å². The average molecular weight is 295 g/mol. The summed E-state index contributed by atoms with van der Waals surface area (Å²) in [7, 11) is 0. The van der Waals surface area contributed by atoms with Crippen LogP contribution in [0.15, 0.2) is 30.6 Å². The molecule has 0 atom stereocenters. The summed E-state index contributed by atoms with van der Waals surface area (Å²) in [5.41, 5.74) is 0.137. The van der Waals surface area contributed by atoms with E-state index in [1.54, 1.807) is 0 Å². The molecule has 2 N–H and O–H groups in total. The van der Waals surface area contributed by atoms with Gasteiger partial charge in [0.2, 0.25) is 0 Å². The van der Waals surface area contributed by atoms with E-state index in [0.29, 0.717) is 12.4 Å². The van der Waals surface area contributed by atoms with E-state index in [-0.39, 0.29) is 16.4 Å². The second-order valence-corrected chi connectivity index (χ2v) is 4.33. The van der Waals surface area contributed by atoms with Crippen molar-refractivity contribution in [1.82, 2.24) is 9.97 Å². The Morgan fingerprint density at radius 3 is 2.75 bits per heavy atom. The van der Waals surface area contributed by atoms with Gasteiger partial charge in [0.05, 0.1) is 18.1 Å². The van der Waals surface area contributed by atoms with Crippen LogP contribution in [-0.2, 0) is 0 Å². The van der Waals surface area contributed by atoms with Gasteiger partial charge in [-0.15, -0.1) is 0 Å². The fourth-order valence-electron chi connectivity index (χ4n) is 1.49. The maximum atomic E-state index is 13.5. The van der Waals surface area contributed by atoms with Crippen LogP contribution in [0.4, 0.5) is 15.9 Å². The summed E-state index contributed by atoms with van der Waals surface area (Å²) in [6.45, 7) is 2.63. The van der Waals surface area contributed by atoms with Crippen LogP contribution in [0, 0.1) is 5.82 Å². The Bertz CT molecular complexity index is 618. The molecule has 0 aliphatic carbocycles. The summed E-state index contributed by atoms with van der Waals surface area (Å²) < 4.78 is 13.5. The Morgan fingerprint density at radius 2 is 2.15 bits per heavy atom. The lowest BCUT2D eigenvalue weighted by molar-refractivity contribution is 0.102. The standard InChI is InChI=1S/C13H12ClFN4O/c1-2-16-12-7-17-11(6-18-12)13(20)19-10-4-3-8(14)5-9(10)15/h3-7H,2H2,1H3,(H,16,18)(H,19,20). The highest BCUT2D eigenvalue weighted by Crippen LogP contribution is 2.19. The first-order chi connectivity index (χ1) is 9.60. The van der Waals surface area contributed by atoms with Gasteiger partial charge in [-0.3, -0.25) is 4.79 Å². The Labute approximate surface area is 120 Å². The van der Waals surface area contributed by atoms with Crippen LogP contribution in [0.2, 0.25) is 5.02 Å². The van der Waals surface area contributed by atoms with Gasteiger partial charge < -0.3 is 10.6 Å². The van der Waals surface area contributed by atoms with Crippen molar-refractivity contribution < 1.29 is 9.18 Å². The monoisotopic (exact) mass is 294 g/mol. The van der Waals surface area contributed by atoms with Crippen molar-refractivity contribution in [3.63, 3.8) is 0 Å². The number of aromatic nitrogens is 2. The molecule has 7 heteroatoms. The first-order valence-corrected chi connectivity index (χ1v) is 6.30. The number of amides is 1. The normalized spacial score (nSPS) is 10.2. The summed E-state index contributed by atoms with van der Waals surface area (Å²) in [5, 5.41) is 5.63. The highest BCUT2D eigenvalue weighted by Gasteiger charge is 2.11. The van der Waals surface area contributed by atoms with Gasteiger partial charge in [0.25, 0.3) is 5.91 Å². The molecule has 0 aliphatic rings. The molecule has 1 amide bonds.